The number of nitrogen functional groups attached to an aromatic ring is 3. The number of rotatable bonds is 5. The quantitative estimate of drug-likeness (QED) is 0.131. The van der Waals surface area contributed by atoms with E-state index in [2.05, 4.69) is 14.7 Å². The predicted molar refractivity (Wildman–Crippen MR) is 152 cm³/mol. The largest absolute Gasteiger partial charge is 0.496 e. The number of ether oxygens (including phenoxy) is 2. The summed E-state index contributed by atoms with van der Waals surface area (Å²) in [4.78, 5) is 17.7. The summed E-state index contributed by atoms with van der Waals surface area (Å²) in [7, 11) is 2.25. The summed E-state index contributed by atoms with van der Waals surface area (Å²) < 4.78 is 87.6. The van der Waals surface area contributed by atoms with Crippen molar-refractivity contribution in [1.29, 1.82) is 10.5 Å². The fraction of sp³-hybridized carbons (Fsp3) is 0.143. The standard InChI is InChI=1S/C14H9F3N4O3.C14H11F3N4O/c1-24-12-3-2-7(4-8(12)14(15,16)17)10-5-9(19)13(21(22)23)11(6-18)20-10;1-22-12-3-2-7(4-8(12)14(15,16)17)10-5-9(19)13(20)11(6-18)21-10/h2-5H,1H3,(H2,19,20);2-5H,20H2,1H3,(H2,19,21). The van der Waals surface area contributed by atoms with Crippen LogP contribution >= 0.6 is 0 Å². The van der Waals surface area contributed by atoms with Gasteiger partial charge in [-0.3, -0.25) is 10.1 Å². The van der Waals surface area contributed by atoms with Crippen molar-refractivity contribution in [2.24, 2.45) is 0 Å². The van der Waals surface area contributed by atoms with Gasteiger partial charge in [-0.15, -0.1) is 0 Å². The van der Waals surface area contributed by atoms with Crippen molar-refractivity contribution in [3.8, 4) is 46.2 Å². The first-order chi connectivity index (χ1) is 21.5. The van der Waals surface area contributed by atoms with E-state index in [-0.39, 0.29) is 56.8 Å². The zero-order valence-corrected chi connectivity index (χ0v) is 23.5. The van der Waals surface area contributed by atoms with Crippen molar-refractivity contribution in [1.82, 2.24) is 9.97 Å². The average molecular weight is 647 g/mol. The van der Waals surface area contributed by atoms with Gasteiger partial charge in [0, 0.05) is 11.1 Å². The van der Waals surface area contributed by atoms with Gasteiger partial charge in [0.15, 0.2) is 5.69 Å². The van der Waals surface area contributed by atoms with Crippen molar-refractivity contribution < 1.29 is 40.7 Å². The first-order valence-electron chi connectivity index (χ1n) is 12.3. The number of nitrogens with zero attached hydrogens (tertiary/aromatic N) is 5. The number of halogens is 6. The number of anilines is 3. The summed E-state index contributed by atoms with van der Waals surface area (Å²) in [5, 5.41) is 28.8. The number of hydrogen-bond acceptors (Lipinski definition) is 11. The molecule has 238 valence electrons. The van der Waals surface area contributed by atoms with Crippen LogP contribution in [0.5, 0.6) is 11.5 Å². The monoisotopic (exact) mass is 646 g/mol. The fourth-order valence-electron chi connectivity index (χ4n) is 3.96. The average Bonchev–Trinajstić information content (AvgIpc) is 3.00. The van der Waals surface area contributed by atoms with Crippen molar-refractivity contribution in [3.05, 3.63) is 81.2 Å². The fourth-order valence-corrected chi connectivity index (χ4v) is 3.96. The van der Waals surface area contributed by atoms with E-state index < -0.39 is 39.8 Å². The predicted octanol–water partition coefficient (Wildman–Crippen LogP) is 5.95. The second-order valence-electron chi connectivity index (χ2n) is 8.96. The van der Waals surface area contributed by atoms with Crippen LogP contribution in [0.3, 0.4) is 0 Å². The molecule has 6 N–H and O–H groups in total. The van der Waals surface area contributed by atoms with E-state index >= 15 is 0 Å². The highest BCUT2D eigenvalue weighted by Crippen LogP contribution is 2.40. The lowest BCUT2D eigenvalue weighted by Gasteiger charge is -2.14. The Morgan fingerprint density at radius 1 is 0.739 bits per heavy atom. The minimum atomic E-state index is -4.67. The third kappa shape index (κ3) is 7.25. The first kappa shape index (κ1) is 34.2. The minimum absolute atomic E-state index is 0.00388. The molecule has 0 amide bonds. The molecule has 0 unspecified atom stereocenters. The third-order valence-electron chi connectivity index (χ3n) is 6.11. The van der Waals surface area contributed by atoms with Crippen LogP contribution in [-0.2, 0) is 12.4 Å². The van der Waals surface area contributed by atoms with E-state index in [4.69, 9.17) is 32.5 Å². The molecule has 4 rings (SSSR count). The van der Waals surface area contributed by atoms with Crippen LogP contribution in [0.1, 0.15) is 22.5 Å². The zero-order chi connectivity index (χ0) is 34.6. The summed E-state index contributed by atoms with van der Waals surface area (Å²) >= 11 is 0. The molecule has 0 saturated heterocycles. The molecule has 0 aliphatic heterocycles. The van der Waals surface area contributed by atoms with Crippen LogP contribution in [0.25, 0.3) is 22.5 Å². The van der Waals surface area contributed by atoms with Gasteiger partial charge < -0.3 is 26.7 Å². The summed E-state index contributed by atoms with van der Waals surface area (Å²) in [5.41, 5.74) is 13.2. The third-order valence-corrected chi connectivity index (χ3v) is 6.11. The summed E-state index contributed by atoms with van der Waals surface area (Å²) in [5.74, 6) is -0.693. The maximum atomic E-state index is 13.1. The number of nitro groups is 1. The van der Waals surface area contributed by atoms with E-state index in [1.165, 1.54) is 30.3 Å². The van der Waals surface area contributed by atoms with Crippen molar-refractivity contribution in [2.75, 3.05) is 31.4 Å². The summed E-state index contributed by atoms with van der Waals surface area (Å²) in [6, 6.07) is 12.2. The van der Waals surface area contributed by atoms with Gasteiger partial charge >= 0.3 is 18.0 Å². The molecule has 18 heteroatoms. The molecule has 0 atom stereocenters. The molecule has 2 aromatic heterocycles. The van der Waals surface area contributed by atoms with Crippen molar-refractivity contribution >= 4 is 22.7 Å². The van der Waals surface area contributed by atoms with Crippen LogP contribution in [0, 0.1) is 32.8 Å². The molecule has 0 aliphatic rings. The molecule has 4 aromatic rings. The lowest BCUT2D eigenvalue weighted by Crippen LogP contribution is -2.08. The van der Waals surface area contributed by atoms with Crippen LogP contribution in [-0.4, -0.2) is 29.1 Å². The number of pyridine rings is 2. The Hall–Kier alpha value is -6.30. The first-order valence-corrected chi connectivity index (χ1v) is 12.3. The number of alkyl halides is 6. The molecule has 12 nitrogen and oxygen atoms in total. The highest BCUT2D eigenvalue weighted by Gasteiger charge is 2.36. The normalized spacial score (nSPS) is 11.0. The van der Waals surface area contributed by atoms with Gasteiger partial charge in [0.1, 0.15) is 29.3 Å². The Bertz CT molecular complexity index is 1900. The maximum Gasteiger partial charge on any atom is 0.419 e. The van der Waals surface area contributed by atoms with Crippen molar-refractivity contribution in [2.45, 2.75) is 12.4 Å². The molecule has 0 saturated carbocycles. The van der Waals surface area contributed by atoms with E-state index in [0.717, 1.165) is 38.5 Å². The highest BCUT2D eigenvalue weighted by atomic mass is 19.4. The number of nitriles is 2. The van der Waals surface area contributed by atoms with Gasteiger partial charge in [-0.25, -0.2) is 9.97 Å². The Kier molecular flexibility index (Phi) is 9.77. The maximum absolute atomic E-state index is 13.1. The highest BCUT2D eigenvalue weighted by molar-refractivity contribution is 5.76. The Morgan fingerprint density at radius 2 is 1.15 bits per heavy atom. The van der Waals surface area contributed by atoms with Gasteiger partial charge in [-0.2, -0.15) is 36.9 Å². The number of aromatic nitrogens is 2. The Balaban J connectivity index is 0.000000251. The number of hydrogen-bond donors (Lipinski definition) is 3. The SMILES string of the molecule is COc1ccc(-c2cc(N)c(N)c(C#N)n2)cc1C(F)(F)F.COc1ccc(-c2cc(N)c([N+](=O)[O-])c(C#N)n2)cc1C(F)(F)F. The summed E-state index contributed by atoms with van der Waals surface area (Å²) in [6.07, 6.45) is -9.26. The molecule has 2 heterocycles. The molecular weight excluding hydrogens is 626 g/mol. The van der Waals surface area contributed by atoms with E-state index in [9.17, 15) is 36.5 Å². The second kappa shape index (κ2) is 13.1. The number of methoxy groups -OCH3 is 2. The lowest BCUT2D eigenvalue weighted by atomic mass is 10.0. The molecule has 0 spiro atoms. The van der Waals surface area contributed by atoms with Gasteiger partial charge in [-0.1, -0.05) is 0 Å². The van der Waals surface area contributed by atoms with Crippen LogP contribution < -0.4 is 26.7 Å². The van der Waals surface area contributed by atoms with E-state index in [0.29, 0.717) is 0 Å². The molecule has 0 bridgehead atoms. The molecule has 0 aliphatic carbocycles. The van der Waals surface area contributed by atoms with Crippen LogP contribution in [0.2, 0.25) is 0 Å². The van der Waals surface area contributed by atoms with E-state index in [1.807, 2.05) is 0 Å². The lowest BCUT2D eigenvalue weighted by molar-refractivity contribution is -0.384. The second-order valence-corrected chi connectivity index (χ2v) is 8.96. The molecule has 0 fully saturated rings. The number of benzene rings is 2. The summed E-state index contributed by atoms with van der Waals surface area (Å²) in [6.45, 7) is 0. The molecule has 46 heavy (non-hydrogen) atoms. The van der Waals surface area contributed by atoms with Gasteiger partial charge in [0.05, 0.1) is 53.0 Å². The van der Waals surface area contributed by atoms with Crippen molar-refractivity contribution in [3.63, 3.8) is 0 Å². The van der Waals surface area contributed by atoms with Gasteiger partial charge in [0.25, 0.3) is 0 Å². The minimum Gasteiger partial charge on any atom is -0.496 e. The topological polar surface area (TPSA) is 213 Å². The van der Waals surface area contributed by atoms with E-state index in [1.54, 1.807) is 6.07 Å². The molecule has 2 aromatic carbocycles. The van der Waals surface area contributed by atoms with Gasteiger partial charge in [-0.05, 0) is 48.5 Å². The molecular formula is C28H20F6N8O4. The van der Waals surface area contributed by atoms with Crippen LogP contribution in [0.15, 0.2) is 48.5 Å². The zero-order valence-electron chi connectivity index (χ0n) is 23.5. The van der Waals surface area contributed by atoms with Gasteiger partial charge in [0.2, 0.25) is 5.69 Å². The smallest absolute Gasteiger partial charge is 0.419 e. The van der Waals surface area contributed by atoms with Crippen LogP contribution in [0.4, 0.5) is 49.1 Å². The number of nitrogens with two attached hydrogens (primary N) is 3. The Morgan fingerprint density at radius 3 is 1.52 bits per heavy atom. The Labute approximate surface area is 255 Å². The molecule has 0 radical (unpaired) electrons.